The summed E-state index contributed by atoms with van der Waals surface area (Å²) in [6.07, 6.45) is 0. The lowest BCUT2D eigenvalue weighted by Crippen LogP contribution is -2.07. The van der Waals surface area contributed by atoms with Crippen LogP contribution in [0.3, 0.4) is 0 Å². The number of nitrogen functional groups attached to an aromatic ring is 1. The standard InChI is InChI=1S/C6H4Cl4N2/c7-2-1-3(12-11)5(9)6(10)4(2)8/h1,12H,11H2. The third-order valence-corrected chi connectivity index (χ3v) is 3.01. The van der Waals surface area contributed by atoms with Gasteiger partial charge >= 0.3 is 0 Å². The predicted molar refractivity (Wildman–Crippen MR) is 54.3 cm³/mol. The number of nitrogens with two attached hydrogens (primary N) is 1. The highest BCUT2D eigenvalue weighted by Crippen LogP contribution is 2.40. The summed E-state index contributed by atoms with van der Waals surface area (Å²) in [6.45, 7) is 0. The summed E-state index contributed by atoms with van der Waals surface area (Å²) in [5, 5.41) is 0.980. The molecule has 0 aliphatic carbocycles. The van der Waals surface area contributed by atoms with Crippen molar-refractivity contribution in [3.05, 3.63) is 26.2 Å². The normalized spacial score (nSPS) is 10.1. The van der Waals surface area contributed by atoms with Crippen LogP contribution in [0.1, 0.15) is 0 Å². The number of anilines is 1. The van der Waals surface area contributed by atoms with Gasteiger partial charge in [0, 0.05) is 0 Å². The Morgan fingerprint density at radius 3 is 2.08 bits per heavy atom. The van der Waals surface area contributed by atoms with Gasteiger partial charge in [0.05, 0.1) is 25.8 Å². The molecule has 1 aromatic rings. The fourth-order valence-corrected chi connectivity index (χ4v) is 1.53. The van der Waals surface area contributed by atoms with Gasteiger partial charge in [-0.2, -0.15) is 0 Å². The molecule has 3 N–H and O–H groups in total. The first-order valence-electron chi connectivity index (χ1n) is 2.87. The zero-order valence-corrected chi connectivity index (χ0v) is 8.69. The smallest absolute Gasteiger partial charge is 0.0853 e. The Hall–Kier alpha value is 0.140. The fraction of sp³-hybridized carbons (Fsp3) is 0. The largest absolute Gasteiger partial charge is 0.323 e. The van der Waals surface area contributed by atoms with Crippen molar-refractivity contribution in [2.24, 2.45) is 5.84 Å². The van der Waals surface area contributed by atoms with Crippen LogP contribution in [0.5, 0.6) is 0 Å². The molecule has 0 saturated carbocycles. The van der Waals surface area contributed by atoms with E-state index in [9.17, 15) is 0 Å². The molecule has 0 unspecified atom stereocenters. The molecule has 0 spiro atoms. The minimum atomic E-state index is 0.193. The van der Waals surface area contributed by atoms with E-state index in [1.54, 1.807) is 0 Å². The Kier molecular flexibility index (Phi) is 3.32. The summed E-state index contributed by atoms with van der Waals surface area (Å²) in [5.41, 5.74) is 2.79. The zero-order valence-electron chi connectivity index (χ0n) is 5.67. The van der Waals surface area contributed by atoms with E-state index >= 15 is 0 Å². The highest BCUT2D eigenvalue weighted by atomic mass is 35.5. The van der Waals surface area contributed by atoms with Gasteiger partial charge in [-0.15, -0.1) is 0 Å². The minimum Gasteiger partial charge on any atom is -0.323 e. The molecule has 1 aromatic carbocycles. The number of hydrogen-bond acceptors (Lipinski definition) is 2. The highest BCUT2D eigenvalue weighted by molar-refractivity contribution is 6.52. The molecule has 66 valence electrons. The molecule has 2 nitrogen and oxygen atoms in total. The van der Waals surface area contributed by atoms with Gasteiger partial charge in [-0.3, -0.25) is 5.84 Å². The second-order valence-corrected chi connectivity index (χ2v) is 3.53. The fourth-order valence-electron chi connectivity index (χ4n) is 0.678. The summed E-state index contributed by atoms with van der Waals surface area (Å²) in [5.74, 6) is 5.14. The Morgan fingerprint density at radius 1 is 1.00 bits per heavy atom. The molecule has 0 atom stereocenters. The van der Waals surface area contributed by atoms with Crippen molar-refractivity contribution in [1.29, 1.82) is 0 Å². The van der Waals surface area contributed by atoms with E-state index in [-0.39, 0.29) is 15.1 Å². The van der Waals surface area contributed by atoms with Crippen LogP contribution < -0.4 is 11.3 Å². The second kappa shape index (κ2) is 3.90. The molecule has 0 fully saturated rings. The first-order valence-corrected chi connectivity index (χ1v) is 4.38. The van der Waals surface area contributed by atoms with Crippen LogP contribution in [-0.2, 0) is 0 Å². The van der Waals surface area contributed by atoms with Gasteiger partial charge in [0.1, 0.15) is 0 Å². The molecular weight excluding hydrogens is 242 g/mol. The van der Waals surface area contributed by atoms with Gasteiger partial charge in [0.25, 0.3) is 0 Å². The van der Waals surface area contributed by atoms with Crippen molar-refractivity contribution in [3.63, 3.8) is 0 Å². The quantitative estimate of drug-likeness (QED) is 0.344. The molecule has 0 aliphatic heterocycles. The summed E-state index contributed by atoms with van der Waals surface area (Å²) >= 11 is 22.9. The molecular formula is C6H4Cl4N2. The number of halogens is 4. The molecule has 0 amide bonds. The molecule has 0 heterocycles. The van der Waals surface area contributed by atoms with E-state index in [0.717, 1.165) is 0 Å². The Bertz CT molecular complexity index is 313. The third-order valence-electron chi connectivity index (χ3n) is 1.26. The zero-order chi connectivity index (χ0) is 9.30. The van der Waals surface area contributed by atoms with Crippen molar-refractivity contribution in [3.8, 4) is 0 Å². The van der Waals surface area contributed by atoms with Crippen LogP contribution in [0.25, 0.3) is 0 Å². The maximum Gasteiger partial charge on any atom is 0.0853 e. The topological polar surface area (TPSA) is 38.0 Å². The average molecular weight is 246 g/mol. The van der Waals surface area contributed by atoms with Gasteiger partial charge in [-0.05, 0) is 6.07 Å². The predicted octanol–water partition coefficient (Wildman–Crippen LogP) is 3.59. The molecule has 1 rings (SSSR count). The summed E-state index contributed by atoms with van der Waals surface area (Å²) in [7, 11) is 0. The summed E-state index contributed by atoms with van der Waals surface area (Å²) in [4.78, 5) is 0. The van der Waals surface area contributed by atoms with E-state index in [1.807, 2.05) is 0 Å². The molecule has 0 aliphatic rings. The van der Waals surface area contributed by atoms with E-state index in [1.165, 1.54) is 6.07 Å². The second-order valence-electron chi connectivity index (χ2n) is 1.99. The maximum absolute atomic E-state index is 5.75. The van der Waals surface area contributed by atoms with Gasteiger partial charge in [0.15, 0.2) is 0 Å². The molecule has 12 heavy (non-hydrogen) atoms. The van der Waals surface area contributed by atoms with E-state index in [0.29, 0.717) is 10.7 Å². The van der Waals surface area contributed by atoms with E-state index in [2.05, 4.69) is 5.43 Å². The number of benzene rings is 1. The van der Waals surface area contributed by atoms with Crippen LogP contribution in [-0.4, -0.2) is 0 Å². The molecule has 0 saturated heterocycles. The lowest BCUT2D eigenvalue weighted by molar-refractivity contribution is 1.35. The molecule has 0 radical (unpaired) electrons. The van der Waals surface area contributed by atoms with Crippen molar-refractivity contribution >= 4 is 52.1 Å². The highest BCUT2D eigenvalue weighted by Gasteiger charge is 2.11. The Balaban J connectivity index is 3.39. The number of hydrazine groups is 1. The van der Waals surface area contributed by atoms with Crippen molar-refractivity contribution in [2.75, 3.05) is 5.43 Å². The summed E-state index contributed by atoms with van der Waals surface area (Å²) in [6, 6.07) is 1.50. The van der Waals surface area contributed by atoms with Crippen molar-refractivity contribution < 1.29 is 0 Å². The average Bonchev–Trinajstić information content (AvgIpc) is 2.08. The lowest BCUT2D eigenvalue weighted by atomic mass is 10.3. The Morgan fingerprint density at radius 2 is 1.58 bits per heavy atom. The number of hydrogen-bond donors (Lipinski definition) is 2. The number of rotatable bonds is 1. The Labute approximate surface area is 89.5 Å². The molecule has 6 heteroatoms. The van der Waals surface area contributed by atoms with Gasteiger partial charge in [0.2, 0.25) is 0 Å². The lowest BCUT2D eigenvalue weighted by Gasteiger charge is -2.07. The minimum absolute atomic E-state index is 0.193. The SMILES string of the molecule is NNc1cc(Cl)c(Cl)c(Cl)c1Cl. The van der Waals surface area contributed by atoms with Crippen LogP contribution in [0, 0.1) is 0 Å². The van der Waals surface area contributed by atoms with Crippen LogP contribution in [0.4, 0.5) is 5.69 Å². The summed E-state index contributed by atoms with van der Waals surface area (Å²) < 4.78 is 0. The maximum atomic E-state index is 5.75. The molecule has 0 aromatic heterocycles. The van der Waals surface area contributed by atoms with Gasteiger partial charge in [-0.1, -0.05) is 46.4 Å². The number of nitrogens with one attached hydrogen (secondary N) is 1. The van der Waals surface area contributed by atoms with Crippen molar-refractivity contribution in [1.82, 2.24) is 0 Å². The third kappa shape index (κ3) is 1.73. The van der Waals surface area contributed by atoms with Crippen LogP contribution in [0.15, 0.2) is 6.07 Å². The van der Waals surface area contributed by atoms with Gasteiger partial charge in [-0.25, -0.2) is 0 Å². The van der Waals surface area contributed by atoms with Crippen molar-refractivity contribution in [2.45, 2.75) is 0 Å². The van der Waals surface area contributed by atoms with E-state index in [4.69, 9.17) is 52.2 Å². The van der Waals surface area contributed by atoms with E-state index < -0.39 is 0 Å². The van der Waals surface area contributed by atoms with Crippen LogP contribution in [0.2, 0.25) is 20.1 Å². The van der Waals surface area contributed by atoms with Gasteiger partial charge < -0.3 is 5.43 Å². The first kappa shape index (κ1) is 10.2. The first-order chi connectivity index (χ1) is 5.57. The monoisotopic (exact) mass is 244 g/mol. The van der Waals surface area contributed by atoms with Crippen LogP contribution >= 0.6 is 46.4 Å². The molecule has 0 bridgehead atoms.